The van der Waals surface area contributed by atoms with Crippen LogP contribution in [0.15, 0.2) is 0 Å². The Morgan fingerprint density at radius 2 is 1.49 bits per heavy atom. The lowest BCUT2D eigenvalue weighted by Gasteiger charge is -2.25. The molecule has 1 rings (SSSR count). The van der Waals surface area contributed by atoms with Crippen molar-refractivity contribution in [2.45, 2.75) is 109 Å². The summed E-state index contributed by atoms with van der Waals surface area (Å²) in [6.07, 6.45) is 7.07. The van der Waals surface area contributed by atoms with Crippen LogP contribution >= 0.6 is 12.2 Å². The lowest BCUT2D eigenvalue weighted by atomic mass is 10.0. The van der Waals surface area contributed by atoms with E-state index >= 15 is 0 Å². The summed E-state index contributed by atoms with van der Waals surface area (Å²) in [7, 11) is 0. The molecule has 12 heteroatoms. The van der Waals surface area contributed by atoms with Crippen LogP contribution in [0, 0.1) is 0 Å². The van der Waals surface area contributed by atoms with Crippen LogP contribution in [-0.4, -0.2) is 65.7 Å². The van der Waals surface area contributed by atoms with Crippen LogP contribution in [0.25, 0.3) is 0 Å². The lowest BCUT2D eigenvalue weighted by Crippen LogP contribution is -2.58. The topological polar surface area (TPSA) is 172 Å². The van der Waals surface area contributed by atoms with Gasteiger partial charge in [-0.1, -0.05) is 44.8 Å². The predicted molar refractivity (Wildman–Crippen MR) is 145 cm³/mol. The molecular weight excluding hydrogens is 496 g/mol. The molecule has 0 aromatic rings. The molecule has 0 aromatic heterocycles. The van der Waals surface area contributed by atoms with Crippen molar-refractivity contribution in [3.8, 4) is 0 Å². The fourth-order valence-electron chi connectivity index (χ4n) is 3.95. The van der Waals surface area contributed by atoms with E-state index in [0.717, 1.165) is 25.7 Å². The van der Waals surface area contributed by atoms with E-state index < -0.39 is 35.8 Å². The van der Waals surface area contributed by atoms with E-state index in [9.17, 15) is 24.0 Å². The zero-order chi connectivity index (χ0) is 27.6. The maximum atomic E-state index is 13.2. The molecule has 1 fully saturated rings. The smallest absolute Gasteiger partial charge is 0.243 e. The van der Waals surface area contributed by atoms with Gasteiger partial charge in [-0.05, 0) is 45.4 Å². The number of thiocarbonyl (C=S) groups is 1. The van der Waals surface area contributed by atoms with Gasteiger partial charge in [0, 0.05) is 25.9 Å². The van der Waals surface area contributed by atoms with E-state index in [2.05, 4.69) is 26.6 Å². The molecule has 5 amide bonds. The fourth-order valence-corrected chi connectivity index (χ4v) is 4.05. The van der Waals surface area contributed by atoms with Gasteiger partial charge in [0.2, 0.25) is 29.5 Å². The van der Waals surface area contributed by atoms with Gasteiger partial charge in [0.15, 0.2) is 0 Å². The van der Waals surface area contributed by atoms with Crippen LogP contribution in [0.4, 0.5) is 0 Å². The van der Waals surface area contributed by atoms with Gasteiger partial charge in [0.1, 0.15) is 18.1 Å². The number of nitrogens with two attached hydrogens (primary N) is 1. The van der Waals surface area contributed by atoms with Crippen molar-refractivity contribution in [2.75, 3.05) is 13.1 Å². The van der Waals surface area contributed by atoms with Gasteiger partial charge in [-0.2, -0.15) is 0 Å². The van der Waals surface area contributed by atoms with Crippen molar-refractivity contribution in [2.24, 2.45) is 5.73 Å². The van der Waals surface area contributed by atoms with Crippen molar-refractivity contribution in [1.82, 2.24) is 26.6 Å². The highest BCUT2D eigenvalue weighted by Gasteiger charge is 2.29. The van der Waals surface area contributed by atoms with Crippen LogP contribution in [0.5, 0.6) is 0 Å². The maximum absolute atomic E-state index is 13.2. The molecule has 0 radical (unpaired) electrons. The average molecular weight is 541 g/mol. The Kier molecular flexibility index (Phi) is 16.1. The lowest BCUT2D eigenvalue weighted by molar-refractivity contribution is -0.133. The van der Waals surface area contributed by atoms with E-state index in [-0.39, 0.29) is 24.8 Å². The van der Waals surface area contributed by atoms with Gasteiger partial charge in [-0.25, -0.2) is 0 Å². The highest BCUT2D eigenvalue weighted by atomic mass is 32.1. The molecule has 0 unspecified atom stereocenters. The third kappa shape index (κ3) is 14.5. The molecule has 11 nitrogen and oxygen atoms in total. The van der Waals surface area contributed by atoms with Gasteiger partial charge in [-0.15, -0.1) is 0 Å². The molecule has 1 heterocycles. The van der Waals surface area contributed by atoms with E-state index in [1.165, 1.54) is 0 Å². The molecular formula is C25H44N6O5S. The summed E-state index contributed by atoms with van der Waals surface area (Å²) < 4.78 is 0. The molecule has 1 aliphatic rings. The minimum Gasteiger partial charge on any atom is -0.380 e. The van der Waals surface area contributed by atoms with Gasteiger partial charge in [0.05, 0.1) is 4.99 Å². The average Bonchev–Trinajstić information content (AvgIpc) is 2.84. The van der Waals surface area contributed by atoms with Crippen LogP contribution in [0.3, 0.4) is 0 Å². The Bertz CT molecular complexity index is 794. The maximum Gasteiger partial charge on any atom is 0.243 e. The van der Waals surface area contributed by atoms with Gasteiger partial charge >= 0.3 is 0 Å². The summed E-state index contributed by atoms with van der Waals surface area (Å²) in [5.41, 5.74) is 5.47. The first-order valence-electron chi connectivity index (χ1n) is 13.3. The van der Waals surface area contributed by atoms with Crippen molar-refractivity contribution in [3.63, 3.8) is 0 Å². The number of hydrogen-bond donors (Lipinski definition) is 6. The molecule has 7 N–H and O–H groups in total. The highest BCUT2D eigenvalue weighted by molar-refractivity contribution is 7.80. The first kappa shape index (κ1) is 32.3. The Balaban J connectivity index is 3.05. The fraction of sp³-hybridized carbons (Fsp3) is 0.760. The molecule has 0 saturated carbocycles. The predicted octanol–water partition coefficient (Wildman–Crippen LogP) is 0.694. The molecule has 0 spiro atoms. The molecule has 37 heavy (non-hydrogen) atoms. The molecule has 0 bridgehead atoms. The third-order valence-corrected chi connectivity index (χ3v) is 6.29. The molecule has 1 saturated heterocycles. The number of unbranched alkanes of at least 4 members (excludes halogenated alkanes) is 2. The standard InChI is InChI=1S/C25H44N6O5S/c1-3-4-11-18-24(35)30-19(12-9-10-15-27-17(2)37)25(36)31-20(23(26)34)16-28-21(32)13-7-5-6-8-14-22(33)29-18/h18-20H,3-16H2,1-2H3,(H2,26,34)(H,27,37)(H,28,32)(H,29,33)(H,30,35)(H,31,36)/t18-,19-,20-/m0/s1. The number of amides is 5. The third-order valence-electron chi connectivity index (χ3n) is 6.15. The van der Waals surface area contributed by atoms with Crippen molar-refractivity contribution in [3.05, 3.63) is 0 Å². The Labute approximate surface area is 225 Å². The van der Waals surface area contributed by atoms with Crippen molar-refractivity contribution in [1.29, 1.82) is 0 Å². The second-order valence-electron chi connectivity index (χ2n) is 9.48. The van der Waals surface area contributed by atoms with E-state index in [1.807, 2.05) is 6.92 Å². The summed E-state index contributed by atoms with van der Waals surface area (Å²) in [5.74, 6) is -2.27. The van der Waals surface area contributed by atoms with Crippen LogP contribution in [0.2, 0.25) is 0 Å². The Hall–Kier alpha value is -2.76. The zero-order valence-corrected chi connectivity index (χ0v) is 23.0. The Morgan fingerprint density at radius 1 is 0.892 bits per heavy atom. The van der Waals surface area contributed by atoms with Crippen LogP contribution in [-0.2, 0) is 24.0 Å². The largest absolute Gasteiger partial charge is 0.380 e. The summed E-state index contributed by atoms with van der Waals surface area (Å²) in [5, 5.41) is 13.8. The number of rotatable bonds is 9. The first-order valence-corrected chi connectivity index (χ1v) is 13.7. The number of carbonyl (C=O) groups excluding carboxylic acids is 5. The molecule has 0 aliphatic carbocycles. The molecule has 3 atom stereocenters. The van der Waals surface area contributed by atoms with E-state index in [4.69, 9.17) is 18.0 Å². The van der Waals surface area contributed by atoms with Gasteiger partial charge in [-0.3, -0.25) is 24.0 Å². The monoisotopic (exact) mass is 540 g/mol. The summed E-state index contributed by atoms with van der Waals surface area (Å²) >= 11 is 5.01. The van der Waals surface area contributed by atoms with E-state index in [0.29, 0.717) is 56.5 Å². The first-order chi connectivity index (χ1) is 17.6. The normalized spacial score (nSPS) is 22.9. The summed E-state index contributed by atoms with van der Waals surface area (Å²) in [4.78, 5) is 63.6. The zero-order valence-electron chi connectivity index (χ0n) is 22.2. The Morgan fingerprint density at radius 3 is 2.11 bits per heavy atom. The number of nitrogens with one attached hydrogen (secondary N) is 5. The minimum atomic E-state index is -1.12. The van der Waals surface area contributed by atoms with Crippen molar-refractivity contribution >= 4 is 46.7 Å². The van der Waals surface area contributed by atoms with Crippen molar-refractivity contribution < 1.29 is 24.0 Å². The van der Waals surface area contributed by atoms with Crippen LogP contribution in [0.1, 0.15) is 90.9 Å². The highest BCUT2D eigenvalue weighted by Crippen LogP contribution is 2.09. The minimum absolute atomic E-state index is 0.131. The SMILES string of the molecule is CCCC[C@@H]1NC(=O)CCCCCCC(=O)NC[C@@H](C(N)=O)NC(=O)[C@H](CCCCNC(C)=S)NC1=O. The second kappa shape index (κ2) is 18.5. The van der Waals surface area contributed by atoms with Gasteiger partial charge < -0.3 is 32.3 Å². The summed E-state index contributed by atoms with van der Waals surface area (Å²) in [6, 6.07) is -2.82. The van der Waals surface area contributed by atoms with Gasteiger partial charge in [0.25, 0.3) is 0 Å². The number of carbonyl (C=O) groups is 5. The summed E-state index contributed by atoms with van der Waals surface area (Å²) in [6.45, 7) is 4.27. The molecule has 0 aromatic carbocycles. The molecule has 210 valence electrons. The molecule has 1 aliphatic heterocycles. The second-order valence-corrected chi connectivity index (χ2v) is 10.1. The number of primary amides is 1. The number of hydrogen-bond acceptors (Lipinski definition) is 6. The van der Waals surface area contributed by atoms with Crippen LogP contribution < -0.4 is 32.3 Å². The quantitative estimate of drug-likeness (QED) is 0.184. The van der Waals surface area contributed by atoms with E-state index in [1.54, 1.807) is 6.92 Å².